The second kappa shape index (κ2) is 6.46. The number of rotatable bonds is 3. The minimum atomic E-state index is -3.38. The SMILES string of the molecule is Cc1coc2cc3oc(=O)c(CC(=O)N[C@H]4CS(=O)(=O)C[C@@H]4O)c(C)c3cc12. The molecule has 0 aliphatic carbocycles. The average Bonchev–Trinajstić information content (AvgIpc) is 3.08. The zero-order valence-corrected chi connectivity index (χ0v) is 16.1. The van der Waals surface area contributed by atoms with Gasteiger partial charge in [0.25, 0.3) is 0 Å². The maximum absolute atomic E-state index is 12.4. The second-order valence-corrected chi connectivity index (χ2v) is 9.41. The fourth-order valence-corrected chi connectivity index (χ4v) is 5.37. The zero-order chi connectivity index (χ0) is 20.2. The number of aliphatic hydroxyl groups excluding tert-OH is 1. The Bertz CT molecular complexity index is 1270. The minimum absolute atomic E-state index is 0.195. The topological polar surface area (TPSA) is 127 Å². The van der Waals surface area contributed by atoms with Gasteiger partial charge in [-0.3, -0.25) is 4.79 Å². The molecule has 0 saturated carbocycles. The fraction of sp³-hybridized carbons (Fsp3) is 0.368. The Morgan fingerprint density at radius 3 is 2.64 bits per heavy atom. The quantitative estimate of drug-likeness (QED) is 0.622. The molecule has 1 saturated heterocycles. The highest BCUT2D eigenvalue weighted by Crippen LogP contribution is 2.28. The third kappa shape index (κ3) is 3.20. The lowest BCUT2D eigenvalue weighted by Crippen LogP contribution is -2.43. The number of nitrogens with one attached hydrogen (secondary N) is 1. The summed E-state index contributed by atoms with van der Waals surface area (Å²) in [7, 11) is -3.38. The molecule has 0 radical (unpaired) electrons. The van der Waals surface area contributed by atoms with Crippen LogP contribution in [-0.4, -0.2) is 43.1 Å². The van der Waals surface area contributed by atoms with Crippen molar-refractivity contribution in [3.05, 3.63) is 45.5 Å². The molecule has 1 aliphatic heterocycles. The van der Waals surface area contributed by atoms with Gasteiger partial charge in [0.15, 0.2) is 9.84 Å². The van der Waals surface area contributed by atoms with E-state index >= 15 is 0 Å². The van der Waals surface area contributed by atoms with Crippen molar-refractivity contribution in [2.45, 2.75) is 32.4 Å². The normalized spacial score (nSPS) is 21.4. The Kier molecular flexibility index (Phi) is 4.31. The first-order chi connectivity index (χ1) is 13.1. The summed E-state index contributed by atoms with van der Waals surface area (Å²) in [6, 6.07) is 2.63. The molecule has 3 aromatic rings. The van der Waals surface area contributed by atoms with Gasteiger partial charge >= 0.3 is 5.63 Å². The van der Waals surface area contributed by atoms with Crippen LogP contribution < -0.4 is 10.9 Å². The summed E-state index contributed by atoms with van der Waals surface area (Å²) < 4.78 is 34.0. The third-order valence-corrected chi connectivity index (χ3v) is 6.90. The van der Waals surface area contributed by atoms with E-state index in [0.717, 1.165) is 10.9 Å². The number of carbonyl (C=O) groups is 1. The summed E-state index contributed by atoms with van der Waals surface area (Å²) >= 11 is 0. The highest BCUT2D eigenvalue weighted by Gasteiger charge is 2.37. The molecule has 8 nitrogen and oxygen atoms in total. The third-order valence-electron chi connectivity index (χ3n) is 5.18. The predicted octanol–water partition coefficient (Wildman–Crippen LogP) is 0.973. The number of aryl methyl sites for hydroxylation is 2. The summed E-state index contributed by atoms with van der Waals surface area (Å²) in [5.41, 5.74) is 2.09. The number of sulfone groups is 1. The van der Waals surface area contributed by atoms with Crippen LogP contribution in [0.3, 0.4) is 0 Å². The van der Waals surface area contributed by atoms with Crippen molar-refractivity contribution < 1.29 is 27.2 Å². The van der Waals surface area contributed by atoms with Gasteiger partial charge in [-0.1, -0.05) is 0 Å². The van der Waals surface area contributed by atoms with Crippen LogP contribution in [0.2, 0.25) is 0 Å². The van der Waals surface area contributed by atoms with E-state index in [0.29, 0.717) is 22.1 Å². The lowest BCUT2D eigenvalue weighted by Gasteiger charge is -2.15. The Hall–Kier alpha value is -2.65. The van der Waals surface area contributed by atoms with Crippen LogP contribution in [0, 0.1) is 13.8 Å². The first kappa shape index (κ1) is 18.7. The van der Waals surface area contributed by atoms with Gasteiger partial charge in [-0.05, 0) is 31.0 Å². The number of benzene rings is 1. The highest BCUT2D eigenvalue weighted by molar-refractivity contribution is 7.91. The first-order valence-electron chi connectivity index (χ1n) is 8.76. The molecule has 28 heavy (non-hydrogen) atoms. The largest absolute Gasteiger partial charge is 0.464 e. The second-order valence-electron chi connectivity index (χ2n) is 7.25. The summed E-state index contributed by atoms with van der Waals surface area (Å²) in [6.07, 6.45) is 0.197. The van der Waals surface area contributed by atoms with Gasteiger partial charge in [0, 0.05) is 16.8 Å². The predicted molar refractivity (Wildman–Crippen MR) is 102 cm³/mol. The Balaban J connectivity index is 1.66. The van der Waals surface area contributed by atoms with Crippen LogP contribution in [0.15, 0.2) is 32.0 Å². The minimum Gasteiger partial charge on any atom is -0.464 e. The molecule has 148 valence electrons. The van der Waals surface area contributed by atoms with E-state index in [4.69, 9.17) is 8.83 Å². The number of carbonyl (C=O) groups excluding carboxylic acids is 1. The number of hydrogen-bond donors (Lipinski definition) is 2. The van der Waals surface area contributed by atoms with Crippen LogP contribution >= 0.6 is 0 Å². The van der Waals surface area contributed by atoms with E-state index in [-0.39, 0.29) is 23.5 Å². The van der Waals surface area contributed by atoms with Crippen molar-refractivity contribution in [3.8, 4) is 0 Å². The molecule has 9 heteroatoms. The standard InChI is InChI=1S/C19H19NO7S/c1-9-6-26-16-5-17-12(3-11(9)16)10(2)13(19(23)27-17)4-18(22)20-14-7-28(24,25)8-15(14)21/h3,5-6,14-15,21H,4,7-8H2,1-2H3,(H,20,22)/t14-,15-/m0/s1. The van der Waals surface area contributed by atoms with Gasteiger partial charge in [0.1, 0.15) is 11.2 Å². The monoisotopic (exact) mass is 405 g/mol. The molecule has 1 fully saturated rings. The van der Waals surface area contributed by atoms with E-state index in [9.17, 15) is 23.1 Å². The van der Waals surface area contributed by atoms with Crippen molar-refractivity contribution in [2.24, 2.45) is 0 Å². The van der Waals surface area contributed by atoms with E-state index in [1.165, 1.54) is 0 Å². The van der Waals surface area contributed by atoms with Crippen LogP contribution in [0.25, 0.3) is 21.9 Å². The summed E-state index contributed by atoms with van der Waals surface area (Å²) in [5, 5.41) is 13.9. The molecule has 0 bridgehead atoms. The van der Waals surface area contributed by atoms with Gasteiger partial charge in [0.05, 0.1) is 41.9 Å². The molecule has 2 aromatic heterocycles. The van der Waals surface area contributed by atoms with E-state index in [1.54, 1.807) is 19.3 Å². The fourth-order valence-electron chi connectivity index (χ4n) is 3.63. The molecule has 1 aromatic carbocycles. The van der Waals surface area contributed by atoms with E-state index in [1.807, 2.05) is 13.0 Å². The van der Waals surface area contributed by atoms with Gasteiger partial charge in [-0.25, -0.2) is 13.2 Å². The lowest BCUT2D eigenvalue weighted by atomic mass is 10.0. The molecule has 4 rings (SSSR count). The average molecular weight is 405 g/mol. The number of amides is 1. The van der Waals surface area contributed by atoms with E-state index in [2.05, 4.69) is 5.32 Å². The Morgan fingerprint density at radius 2 is 1.96 bits per heavy atom. The molecule has 2 atom stereocenters. The number of aliphatic hydroxyl groups is 1. The Labute approximate surface area is 160 Å². The number of fused-ring (bicyclic) bond motifs is 2. The van der Waals surface area contributed by atoms with Crippen molar-refractivity contribution in [1.82, 2.24) is 5.32 Å². The van der Waals surface area contributed by atoms with Crippen molar-refractivity contribution >= 4 is 37.7 Å². The van der Waals surface area contributed by atoms with Crippen LogP contribution in [0.5, 0.6) is 0 Å². The van der Waals surface area contributed by atoms with Crippen molar-refractivity contribution in [2.75, 3.05) is 11.5 Å². The van der Waals surface area contributed by atoms with Crippen molar-refractivity contribution in [1.29, 1.82) is 0 Å². The van der Waals surface area contributed by atoms with Gasteiger partial charge in [-0.15, -0.1) is 0 Å². The maximum atomic E-state index is 12.4. The number of hydrogen-bond acceptors (Lipinski definition) is 7. The zero-order valence-electron chi connectivity index (χ0n) is 15.3. The smallest absolute Gasteiger partial charge is 0.340 e. The molecule has 1 aliphatic rings. The molecular formula is C19H19NO7S. The van der Waals surface area contributed by atoms with Crippen molar-refractivity contribution in [3.63, 3.8) is 0 Å². The van der Waals surface area contributed by atoms with Crippen LogP contribution in [0.4, 0.5) is 0 Å². The lowest BCUT2D eigenvalue weighted by molar-refractivity contribution is -0.121. The summed E-state index contributed by atoms with van der Waals surface area (Å²) in [6.45, 7) is 3.64. The molecule has 0 unspecified atom stereocenters. The van der Waals surface area contributed by atoms with Gasteiger partial charge < -0.3 is 19.3 Å². The first-order valence-corrected chi connectivity index (χ1v) is 10.6. The molecule has 0 spiro atoms. The summed E-state index contributed by atoms with van der Waals surface area (Å²) in [4.78, 5) is 24.8. The maximum Gasteiger partial charge on any atom is 0.340 e. The molecule has 3 heterocycles. The highest BCUT2D eigenvalue weighted by atomic mass is 32.2. The van der Waals surface area contributed by atoms with Gasteiger partial charge in [-0.2, -0.15) is 0 Å². The van der Waals surface area contributed by atoms with Crippen LogP contribution in [-0.2, 0) is 21.1 Å². The molecule has 2 N–H and O–H groups in total. The van der Waals surface area contributed by atoms with E-state index < -0.39 is 33.5 Å². The van der Waals surface area contributed by atoms with Gasteiger partial charge in [0.2, 0.25) is 5.91 Å². The molecular weight excluding hydrogens is 386 g/mol. The Morgan fingerprint density at radius 1 is 1.21 bits per heavy atom. The van der Waals surface area contributed by atoms with Crippen LogP contribution in [0.1, 0.15) is 16.7 Å². The number of furan rings is 1. The molecule has 1 amide bonds. The summed E-state index contributed by atoms with van der Waals surface area (Å²) in [5.74, 6) is -1.24.